The van der Waals surface area contributed by atoms with Crippen molar-refractivity contribution in [1.82, 2.24) is 0 Å². The van der Waals surface area contributed by atoms with E-state index < -0.39 is 0 Å². The zero-order valence-electron chi connectivity index (χ0n) is 9.66. The lowest BCUT2D eigenvalue weighted by Gasteiger charge is -2.25. The van der Waals surface area contributed by atoms with E-state index in [2.05, 4.69) is 19.1 Å². The van der Waals surface area contributed by atoms with Gasteiger partial charge in [-0.1, -0.05) is 19.1 Å². The van der Waals surface area contributed by atoms with E-state index in [1.165, 1.54) is 12.5 Å². The minimum Gasteiger partial charge on any atom is -0.489 e. The molecule has 0 spiro atoms. The highest BCUT2D eigenvalue weighted by Gasteiger charge is 2.21. The van der Waals surface area contributed by atoms with Gasteiger partial charge < -0.3 is 9.47 Å². The lowest BCUT2D eigenvalue weighted by Crippen LogP contribution is -2.30. The Labute approximate surface area is 95.4 Å². The Bertz CT molecular complexity index is 398. The van der Waals surface area contributed by atoms with Crippen molar-refractivity contribution in [3.8, 4) is 5.75 Å². The number of aryl methyl sites for hydroxylation is 1. The van der Waals surface area contributed by atoms with Crippen LogP contribution in [-0.4, -0.2) is 18.7 Å². The van der Waals surface area contributed by atoms with Crippen LogP contribution in [0.1, 0.15) is 25.0 Å². The third-order valence-electron chi connectivity index (χ3n) is 2.74. The molecule has 0 aliphatic carbocycles. The number of ether oxygens (including phenoxy) is 2. The Balaban J connectivity index is 2.14. The molecule has 0 radical (unpaired) electrons. The molecule has 0 aromatic heterocycles. The molecule has 0 saturated heterocycles. The van der Waals surface area contributed by atoms with Gasteiger partial charge in [-0.2, -0.15) is 0 Å². The fourth-order valence-corrected chi connectivity index (χ4v) is 1.95. The first-order chi connectivity index (χ1) is 7.69. The third kappa shape index (κ3) is 2.35. The van der Waals surface area contributed by atoms with Gasteiger partial charge in [-0.25, -0.2) is 0 Å². The van der Waals surface area contributed by atoms with Crippen molar-refractivity contribution < 1.29 is 14.3 Å². The van der Waals surface area contributed by atoms with Crippen molar-refractivity contribution in [3.63, 3.8) is 0 Å². The Morgan fingerprint density at radius 2 is 2.38 bits per heavy atom. The van der Waals surface area contributed by atoms with Crippen molar-refractivity contribution in [2.75, 3.05) is 6.61 Å². The molecule has 0 saturated carbocycles. The van der Waals surface area contributed by atoms with Gasteiger partial charge in [0.2, 0.25) is 0 Å². The van der Waals surface area contributed by atoms with E-state index in [0.717, 1.165) is 24.2 Å². The van der Waals surface area contributed by atoms with Gasteiger partial charge in [0.25, 0.3) is 0 Å². The maximum atomic E-state index is 10.9. The van der Waals surface area contributed by atoms with E-state index >= 15 is 0 Å². The zero-order chi connectivity index (χ0) is 11.5. The molecule has 0 bridgehead atoms. The summed E-state index contributed by atoms with van der Waals surface area (Å²) in [6, 6.07) is 6.20. The van der Waals surface area contributed by atoms with Crippen LogP contribution in [0.4, 0.5) is 0 Å². The molecule has 1 unspecified atom stereocenters. The third-order valence-corrected chi connectivity index (χ3v) is 2.74. The second-order valence-corrected chi connectivity index (χ2v) is 4.04. The highest BCUT2D eigenvalue weighted by atomic mass is 16.6. The summed E-state index contributed by atoms with van der Waals surface area (Å²) in [5.41, 5.74) is 2.42. The average molecular weight is 220 g/mol. The summed E-state index contributed by atoms with van der Waals surface area (Å²) in [7, 11) is 0. The number of carbonyl (C=O) groups is 1. The molecule has 16 heavy (non-hydrogen) atoms. The largest absolute Gasteiger partial charge is 0.489 e. The molecule has 2 rings (SSSR count). The maximum absolute atomic E-state index is 10.9. The molecule has 86 valence electrons. The van der Waals surface area contributed by atoms with E-state index in [0.29, 0.717) is 6.61 Å². The number of hydrogen-bond acceptors (Lipinski definition) is 3. The summed E-state index contributed by atoms with van der Waals surface area (Å²) in [5.74, 6) is 0.671. The topological polar surface area (TPSA) is 35.5 Å². The highest BCUT2D eigenvalue weighted by Crippen LogP contribution is 2.27. The maximum Gasteiger partial charge on any atom is 0.303 e. The lowest BCUT2D eigenvalue weighted by molar-refractivity contribution is -0.148. The Kier molecular flexibility index (Phi) is 3.13. The van der Waals surface area contributed by atoms with Crippen LogP contribution in [0.5, 0.6) is 5.75 Å². The second kappa shape index (κ2) is 4.56. The van der Waals surface area contributed by atoms with Crippen LogP contribution < -0.4 is 4.74 Å². The van der Waals surface area contributed by atoms with Crippen molar-refractivity contribution in [3.05, 3.63) is 29.3 Å². The highest BCUT2D eigenvalue weighted by molar-refractivity contribution is 5.66. The molecule has 1 heterocycles. The van der Waals surface area contributed by atoms with Gasteiger partial charge in [0.15, 0.2) is 0 Å². The van der Waals surface area contributed by atoms with E-state index in [4.69, 9.17) is 9.47 Å². The summed E-state index contributed by atoms with van der Waals surface area (Å²) < 4.78 is 10.7. The number of carbonyl (C=O) groups excluding carboxylic acids is 1. The molecule has 1 aliphatic rings. The SMILES string of the molecule is CCc1ccc2c(c1)CC(OC(C)=O)CO2. The predicted octanol–water partition coefficient (Wildman–Crippen LogP) is 2.12. The van der Waals surface area contributed by atoms with Crippen molar-refractivity contribution in [2.45, 2.75) is 32.8 Å². The van der Waals surface area contributed by atoms with Crippen LogP contribution >= 0.6 is 0 Å². The number of fused-ring (bicyclic) bond motifs is 1. The van der Waals surface area contributed by atoms with Crippen molar-refractivity contribution in [1.29, 1.82) is 0 Å². The Hall–Kier alpha value is -1.51. The Morgan fingerprint density at radius 3 is 3.06 bits per heavy atom. The van der Waals surface area contributed by atoms with E-state index in [9.17, 15) is 4.79 Å². The summed E-state index contributed by atoms with van der Waals surface area (Å²) in [6.45, 7) is 4.00. The van der Waals surface area contributed by atoms with Gasteiger partial charge in [0.05, 0.1) is 0 Å². The van der Waals surface area contributed by atoms with Crippen LogP contribution in [0.2, 0.25) is 0 Å². The first-order valence-electron chi connectivity index (χ1n) is 5.61. The normalized spacial score (nSPS) is 18.5. The molecular formula is C13H16O3. The predicted molar refractivity (Wildman–Crippen MR) is 60.6 cm³/mol. The molecule has 0 amide bonds. The molecule has 3 heteroatoms. The van der Waals surface area contributed by atoms with E-state index in [1.54, 1.807) is 0 Å². The summed E-state index contributed by atoms with van der Waals surface area (Å²) in [5, 5.41) is 0. The number of benzene rings is 1. The molecule has 0 N–H and O–H groups in total. The van der Waals surface area contributed by atoms with Crippen LogP contribution in [0, 0.1) is 0 Å². The van der Waals surface area contributed by atoms with Crippen LogP contribution in [0.15, 0.2) is 18.2 Å². The van der Waals surface area contributed by atoms with Gasteiger partial charge in [-0.05, 0) is 23.6 Å². The fourth-order valence-electron chi connectivity index (χ4n) is 1.95. The summed E-state index contributed by atoms with van der Waals surface area (Å²) in [4.78, 5) is 10.9. The lowest BCUT2D eigenvalue weighted by atomic mass is 10.0. The van der Waals surface area contributed by atoms with Gasteiger partial charge in [0, 0.05) is 13.3 Å². The van der Waals surface area contributed by atoms with Gasteiger partial charge in [-0.3, -0.25) is 4.79 Å². The van der Waals surface area contributed by atoms with E-state index in [-0.39, 0.29) is 12.1 Å². The minimum atomic E-state index is -0.247. The quantitative estimate of drug-likeness (QED) is 0.716. The number of hydrogen-bond donors (Lipinski definition) is 0. The van der Waals surface area contributed by atoms with Gasteiger partial charge in [-0.15, -0.1) is 0 Å². The number of rotatable bonds is 2. The monoisotopic (exact) mass is 220 g/mol. The van der Waals surface area contributed by atoms with E-state index in [1.807, 2.05) is 6.07 Å². The molecule has 1 aromatic rings. The fraction of sp³-hybridized carbons (Fsp3) is 0.462. The minimum absolute atomic E-state index is 0.142. The van der Waals surface area contributed by atoms with Crippen LogP contribution in [-0.2, 0) is 22.4 Å². The number of esters is 1. The summed E-state index contributed by atoms with van der Waals surface area (Å²) in [6.07, 6.45) is 1.62. The first kappa shape index (κ1) is 11.0. The van der Waals surface area contributed by atoms with Crippen molar-refractivity contribution >= 4 is 5.97 Å². The molecule has 1 atom stereocenters. The van der Waals surface area contributed by atoms with Gasteiger partial charge in [0.1, 0.15) is 18.5 Å². The van der Waals surface area contributed by atoms with Gasteiger partial charge >= 0.3 is 5.97 Å². The van der Waals surface area contributed by atoms with Crippen LogP contribution in [0.3, 0.4) is 0 Å². The second-order valence-electron chi connectivity index (χ2n) is 4.04. The van der Waals surface area contributed by atoms with Crippen LogP contribution in [0.25, 0.3) is 0 Å². The molecular weight excluding hydrogens is 204 g/mol. The standard InChI is InChI=1S/C13H16O3/c1-3-10-4-5-13-11(6-10)7-12(8-15-13)16-9(2)14/h4-6,12H,3,7-8H2,1-2H3. The molecule has 1 aromatic carbocycles. The summed E-state index contributed by atoms with van der Waals surface area (Å²) >= 11 is 0. The molecule has 3 nitrogen and oxygen atoms in total. The van der Waals surface area contributed by atoms with Crippen molar-refractivity contribution in [2.24, 2.45) is 0 Å². The molecule has 0 fully saturated rings. The zero-order valence-corrected chi connectivity index (χ0v) is 9.66. The smallest absolute Gasteiger partial charge is 0.303 e. The average Bonchev–Trinajstić information content (AvgIpc) is 2.27. The molecule has 1 aliphatic heterocycles. The first-order valence-corrected chi connectivity index (χ1v) is 5.61. The Morgan fingerprint density at radius 1 is 1.56 bits per heavy atom.